The molecule has 0 aromatic heterocycles. The van der Waals surface area contributed by atoms with Gasteiger partial charge in [0.25, 0.3) is 11.8 Å². The van der Waals surface area contributed by atoms with E-state index in [2.05, 4.69) is 10.6 Å². The standard InChI is InChI=1S/C27H25N3O4/c1-18-7-12-25(19(2)13-18)30-27(32)21(16-28)14-20-5-4-6-24(15-20)34-17-26(31)29-22-8-10-23(33-3)11-9-22/h4-15H,17H2,1-3H3,(H,29,31)(H,30,32). The highest BCUT2D eigenvalue weighted by Crippen LogP contribution is 2.20. The maximum atomic E-state index is 12.6. The van der Waals surface area contributed by atoms with E-state index >= 15 is 0 Å². The quantitative estimate of drug-likeness (QED) is 0.373. The molecular weight excluding hydrogens is 430 g/mol. The predicted molar refractivity (Wildman–Crippen MR) is 132 cm³/mol. The number of nitrogens with one attached hydrogen (secondary N) is 2. The largest absolute Gasteiger partial charge is 0.497 e. The molecule has 0 saturated carbocycles. The summed E-state index contributed by atoms with van der Waals surface area (Å²) < 4.78 is 10.7. The molecule has 0 unspecified atom stereocenters. The van der Waals surface area contributed by atoms with Crippen LogP contribution in [0.1, 0.15) is 16.7 Å². The summed E-state index contributed by atoms with van der Waals surface area (Å²) in [5.41, 5.74) is 3.82. The lowest BCUT2D eigenvalue weighted by atomic mass is 10.1. The predicted octanol–water partition coefficient (Wildman–Crippen LogP) is 4.88. The van der Waals surface area contributed by atoms with Crippen molar-refractivity contribution in [3.8, 4) is 17.6 Å². The Morgan fingerprint density at radius 2 is 1.74 bits per heavy atom. The van der Waals surface area contributed by atoms with E-state index in [1.54, 1.807) is 55.6 Å². The molecule has 0 spiro atoms. The first-order valence-electron chi connectivity index (χ1n) is 10.5. The molecule has 0 radical (unpaired) electrons. The maximum Gasteiger partial charge on any atom is 0.266 e. The van der Waals surface area contributed by atoms with Gasteiger partial charge in [-0.15, -0.1) is 0 Å². The van der Waals surface area contributed by atoms with E-state index in [0.29, 0.717) is 28.4 Å². The van der Waals surface area contributed by atoms with Gasteiger partial charge in [-0.3, -0.25) is 9.59 Å². The third-order valence-electron chi connectivity index (χ3n) is 4.91. The zero-order valence-corrected chi connectivity index (χ0v) is 19.2. The molecule has 7 nitrogen and oxygen atoms in total. The van der Waals surface area contributed by atoms with Gasteiger partial charge in [0, 0.05) is 11.4 Å². The number of nitrogens with zero attached hydrogens (tertiary/aromatic N) is 1. The Morgan fingerprint density at radius 3 is 2.41 bits per heavy atom. The van der Waals surface area contributed by atoms with E-state index in [9.17, 15) is 14.9 Å². The number of nitriles is 1. The van der Waals surface area contributed by atoms with Gasteiger partial charge in [0.05, 0.1) is 7.11 Å². The van der Waals surface area contributed by atoms with Crippen molar-refractivity contribution >= 4 is 29.3 Å². The van der Waals surface area contributed by atoms with Gasteiger partial charge in [-0.25, -0.2) is 0 Å². The summed E-state index contributed by atoms with van der Waals surface area (Å²) in [7, 11) is 1.57. The minimum Gasteiger partial charge on any atom is -0.497 e. The third-order valence-corrected chi connectivity index (χ3v) is 4.91. The van der Waals surface area contributed by atoms with Gasteiger partial charge in [-0.1, -0.05) is 29.8 Å². The van der Waals surface area contributed by atoms with E-state index in [1.807, 2.05) is 38.1 Å². The molecule has 34 heavy (non-hydrogen) atoms. The van der Waals surface area contributed by atoms with Crippen LogP contribution in [0.25, 0.3) is 6.08 Å². The number of amides is 2. The van der Waals surface area contributed by atoms with Crippen LogP contribution in [-0.2, 0) is 9.59 Å². The highest BCUT2D eigenvalue weighted by molar-refractivity contribution is 6.10. The van der Waals surface area contributed by atoms with Crippen LogP contribution in [0, 0.1) is 25.2 Å². The second-order valence-corrected chi connectivity index (χ2v) is 7.58. The summed E-state index contributed by atoms with van der Waals surface area (Å²) in [6.07, 6.45) is 1.48. The number of benzene rings is 3. The summed E-state index contributed by atoms with van der Waals surface area (Å²) in [5.74, 6) is 0.306. The first-order chi connectivity index (χ1) is 16.4. The van der Waals surface area contributed by atoms with Crippen molar-refractivity contribution in [1.82, 2.24) is 0 Å². The molecule has 0 saturated heterocycles. The average Bonchev–Trinajstić information content (AvgIpc) is 2.83. The molecule has 2 N–H and O–H groups in total. The molecule has 0 aliphatic rings. The SMILES string of the molecule is COc1ccc(NC(=O)COc2cccc(C=C(C#N)C(=O)Nc3ccc(C)cc3C)c2)cc1. The number of hydrogen-bond donors (Lipinski definition) is 2. The Labute approximate surface area is 198 Å². The molecular formula is C27H25N3O4. The third kappa shape index (κ3) is 6.71. The number of carbonyl (C=O) groups excluding carboxylic acids is 2. The molecule has 0 aliphatic heterocycles. The average molecular weight is 456 g/mol. The van der Waals surface area contributed by atoms with Gasteiger partial charge in [-0.2, -0.15) is 5.26 Å². The Hall–Kier alpha value is -4.57. The first kappa shape index (κ1) is 24.1. The molecule has 7 heteroatoms. The molecule has 0 fully saturated rings. The lowest BCUT2D eigenvalue weighted by molar-refractivity contribution is -0.118. The lowest BCUT2D eigenvalue weighted by Crippen LogP contribution is -2.20. The van der Waals surface area contributed by atoms with Gasteiger partial charge in [-0.05, 0) is 73.5 Å². The van der Waals surface area contributed by atoms with E-state index < -0.39 is 5.91 Å². The molecule has 0 aliphatic carbocycles. The molecule has 0 heterocycles. The van der Waals surface area contributed by atoms with E-state index in [4.69, 9.17) is 9.47 Å². The fourth-order valence-corrected chi connectivity index (χ4v) is 3.17. The molecule has 3 rings (SSSR count). The number of ether oxygens (including phenoxy) is 2. The van der Waals surface area contributed by atoms with Crippen LogP contribution in [0.4, 0.5) is 11.4 Å². The van der Waals surface area contributed by atoms with Crippen LogP contribution >= 0.6 is 0 Å². The fraction of sp³-hybridized carbons (Fsp3) is 0.148. The summed E-state index contributed by atoms with van der Waals surface area (Å²) in [6, 6.07) is 21.4. The zero-order valence-electron chi connectivity index (χ0n) is 19.2. The summed E-state index contributed by atoms with van der Waals surface area (Å²) in [5, 5.41) is 15.0. The van der Waals surface area contributed by atoms with Crippen molar-refractivity contribution in [2.24, 2.45) is 0 Å². The van der Waals surface area contributed by atoms with E-state index in [1.165, 1.54) is 6.08 Å². The second-order valence-electron chi connectivity index (χ2n) is 7.58. The van der Waals surface area contributed by atoms with Crippen LogP contribution in [-0.4, -0.2) is 25.5 Å². The molecule has 3 aromatic carbocycles. The number of methoxy groups -OCH3 is 1. The van der Waals surface area contributed by atoms with Gasteiger partial charge in [0.15, 0.2) is 6.61 Å². The van der Waals surface area contributed by atoms with Crippen LogP contribution in [0.15, 0.2) is 72.3 Å². The van der Waals surface area contributed by atoms with Gasteiger partial charge >= 0.3 is 0 Å². The normalized spacial score (nSPS) is 10.7. The maximum absolute atomic E-state index is 12.6. The Bertz CT molecular complexity index is 1260. The Kier molecular flexibility index (Phi) is 8.03. The number of aryl methyl sites for hydroxylation is 2. The van der Waals surface area contributed by atoms with Crippen molar-refractivity contribution in [1.29, 1.82) is 5.26 Å². The Balaban J connectivity index is 1.62. The van der Waals surface area contributed by atoms with E-state index in [-0.39, 0.29) is 18.1 Å². The van der Waals surface area contributed by atoms with Crippen molar-refractivity contribution in [2.75, 3.05) is 24.4 Å². The molecule has 172 valence electrons. The molecule has 0 atom stereocenters. The second kappa shape index (κ2) is 11.3. The van der Waals surface area contributed by atoms with Crippen molar-refractivity contribution < 1.29 is 19.1 Å². The van der Waals surface area contributed by atoms with Gasteiger partial charge in [0.1, 0.15) is 23.1 Å². The summed E-state index contributed by atoms with van der Waals surface area (Å²) >= 11 is 0. The van der Waals surface area contributed by atoms with Crippen molar-refractivity contribution in [2.45, 2.75) is 13.8 Å². The highest BCUT2D eigenvalue weighted by atomic mass is 16.5. The molecule has 0 bridgehead atoms. The van der Waals surface area contributed by atoms with Crippen LogP contribution < -0.4 is 20.1 Å². The van der Waals surface area contributed by atoms with Crippen molar-refractivity contribution in [3.05, 3.63) is 89.0 Å². The molecule has 2 amide bonds. The highest BCUT2D eigenvalue weighted by Gasteiger charge is 2.11. The lowest BCUT2D eigenvalue weighted by Gasteiger charge is -2.09. The minimum absolute atomic E-state index is 0.0469. The fourth-order valence-electron chi connectivity index (χ4n) is 3.17. The number of carbonyl (C=O) groups is 2. The van der Waals surface area contributed by atoms with E-state index in [0.717, 1.165) is 11.1 Å². The zero-order chi connectivity index (χ0) is 24.5. The number of anilines is 2. The van der Waals surface area contributed by atoms with Crippen molar-refractivity contribution in [3.63, 3.8) is 0 Å². The smallest absolute Gasteiger partial charge is 0.266 e. The summed E-state index contributed by atoms with van der Waals surface area (Å²) in [4.78, 5) is 24.8. The van der Waals surface area contributed by atoms with Gasteiger partial charge < -0.3 is 20.1 Å². The number of rotatable bonds is 8. The Morgan fingerprint density at radius 1 is 0.971 bits per heavy atom. The monoisotopic (exact) mass is 455 g/mol. The van der Waals surface area contributed by atoms with Crippen LogP contribution in [0.3, 0.4) is 0 Å². The molecule has 3 aromatic rings. The van der Waals surface area contributed by atoms with Gasteiger partial charge in [0.2, 0.25) is 0 Å². The first-order valence-corrected chi connectivity index (χ1v) is 10.5. The van der Waals surface area contributed by atoms with Crippen LogP contribution in [0.5, 0.6) is 11.5 Å². The summed E-state index contributed by atoms with van der Waals surface area (Å²) in [6.45, 7) is 3.67. The van der Waals surface area contributed by atoms with Crippen LogP contribution in [0.2, 0.25) is 0 Å². The number of hydrogen-bond acceptors (Lipinski definition) is 5. The minimum atomic E-state index is -0.500. The topological polar surface area (TPSA) is 100 Å².